The summed E-state index contributed by atoms with van der Waals surface area (Å²) in [5.74, 6) is 0.275. The van der Waals surface area contributed by atoms with Gasteiger partial charge >= 0.3 is 6.16 Å². The number of carbonyl (C=O) groups is 1. The monoisotopic (exact) mass is 456 g/mol. The second-order valence-corrected chi connectivity index (χ2v) is 10.2. The molecule has 5 rings (SSSR count). The molecule has 0 bridgehead atoms. The van der Waals surface area contributed by atoms with E-state index in [1.165, 1.54) is 16.9 Å². The van der Waals surface area contributed by atoms with Gasteiger partial charge in [0.2, 0.25) is 10.0 Å². The van der Waals surface area contributed by atoms with Gasteiger partial charge in [-0.3, -0.25) is 0 Å². The fraction of sp³-hybridized carbons (Fsp3) is 0.136. The van der Waals surface area contributed by atoms with Crippen molar-refractivity contribution >= 4 is 33.0 Å². The Labute approximate surface area is 183 Å². The van der Waals surface area contributed by atoms with Crippen LogP contribution in [0.2, 0.25) is 0 Å². The van der Waals surface area contributed by atoms with Crippen LogP contribution in [-0.2, 0) is 10.0 Å². The van der Waals surface area contributed by atoms with Gasteiger partial charge in [-0.05, 0) is 42.3 Å². The lowest BCUT2D eigenvalue weighted by Crippen LogP contribution is -2.26. The summed E-state index contributed by atoms with van der Waals surface area (Å²) < 4.78 is 30.8. The van der Waals surface area contributed by atoms with Gasteiger partial charge in [-0.2, -0.15) is 0 Å². The quantitative estimate of drug-likeness (QED) is 0.403. The van der Waals surface area contributed by atoms with Gasteiger partial charge in [0.1, 0.15) is 4.21 Å². The Kier molecular flexibility index (Phi) is 5.81. The Morgan fingerprint density at radius 1 is 1.03 bits per heavy atom. The van der Waals surface area contributed by atoms with E-state index in [1.54, 1.807) is 6.07 Å². The minimum absolute atomic E-state index is 0.0139. The van der Waals surface area contributed by atoms with Crippen molar-refractivity contribution in [1.29, 1.82) is 0 Å². The largest absolute Gasteiger partial charge is 0.503 e. The van der Waals surface area contributed by atoms with E-state index in [4.69, 9.17) is 15.0 Å². The molecule has 0 aliphatic heterocycles. The van der Waals surface area contributed by atoms with Crippen LogP contribution in [-0.4, -0.2) is 35.2 Å². The predicted molar refractivity (Wildman–Crippen MR) is 119 cm³/mol. The highest BCUT2D eigenvalue weighted by molar-refractivity contribution is 7.91. The second-order valence-electron chi connectivity index (χ2n) is 7.14. The predicted octanol–water partition coefficient (Wildman–Crippen LogP) is 4.72. The highest BCUT2D eigenvalue weighted by Gasteiger charge is 2.41. The van der Waals surface area contributed by atoms with E-state index in [1.807, 2.05) is 59.3 Å². The fourth-order valence-corrected chi connectivity index (χ4v) is 6.05. The Morgan fingerprint density at radius 3 is 2.45 bits per heavy atom. The van der Waals surface area contributed by atoms with Gasteiger partial charge in [0.25, 0.3) is 0 Å². The lowest BCUT2D eigenvalue weighted by molar-refractivity contribution is 0.137. The van der Waals surface area contributed by atoms with Crippen molar-refractivity contribution in [1.82, 2.24) is 9.12 Å². The minimum atomic E-state index is -3.49. The zero-order valence-corrected chi connectivity index (χ0v) is 17.9. The topological polar surface area (TPSA) is 108 Å². The number of nitrogens with one attached hydrogen (secondary N) is 1. The summed E-state index contributed by atoms with van der Waals surface area (Å²) >= 11 is 1.31. The van der Waals surface area contributed by atoms with Gasteiger partial charge < -0.3 is 14.6 Å². The standard InChI is InChI=1S/C21H18N2O2S2.CH2O3/c24-27(25,22-19-13-18(19)15-6-2-1-3-7-15)21-10-9-20(26-21)16-12-17-8-4-5-11-23(17)14-16;2-1(3)4/h1-12,14,18-19,22H,13H2;(H2,2,3,4)/t18-,19+;/m1./s1. The molecular formula is C22H20N2O5S2. The molecule has 160 valence electrons. The number of pyridine rings is 1. The normalized spacial score (nSPS) is 17.7. The summed E-state index contributed by atoms with van der Waals surface area (Å²) in [5.41, 5.74) is 3.31. The van der Waals surface area contributed by atoms with Crippen molar-refractivity contribution in [2.24, 2.45) is 0 Å². The average Bonchev–Trinajstić information content (AvgIpc) is 3.15. The van der Waals surface area contributed by atoms with Crippen molar-refractivity contribution in [3.05, 3.63) is 84.7 Å². The molecule has 0 spiro atoms. The van der Waals surface area contributed by atoms with Gasteiger partial charge in [0, 0.05) is 40.3 Å². The SMILES string of the molecule is O=C(O)O.O=S(=O)(N[C@H]1C[C@@H]1c1ccccc1)c1ccc(-c2cc3ccccn3c2)s1. The molecule has 1 saturated carbocycles. The van der Waals surface area contributed by atoms with Gasteiger partial charge in [-0.25, -0.2) is 17.9 Å². The van der Waals surface area contributed by atoms with Crippen LogP contribution in [0.3, 0.4) is 0 Å². The molecule has 2 atom stereocenters. The third-order valence-electron chi connectivity index (χ3n) is 4.96. The van der Waals surface area contributed by atoms with E-state index in [0.29, 0.717) is 4.21 Å². The minimum Gasteiger partial charge on any atom is -0.450 e. The first-order valence-corrected chi connectivity index (χ1v) is 11.8. The lowest BCUT2D eigenvalue weighted by atomic mass is 10.1. The first-order chi connectivity index (χ1) is 14.8. The number of thiophene rings is 1. The number of hydrogen-bond donors (Lipinski definition) is 3. The number of hydrogen-bond acceptors (Lipinski definition) is 4. The Morgan fingerprint density at radius 2 is 1.74 bits per heavy atom. The molecule has 1 aliphatic carbocycles. The second kappa shape index (κ2) is 8.54. The molecule has 1 aliphatic rings. The first-order valence-electron chi connectivity index (χ1n) is 9.49. The van der Waals surface area contributed by atoms with Crippen LogP contribution in [0.5, 0.6) is 0 Å². The summed E-state index contributed by atoms with van der Waals surface area (Å²) in [6, 6.07) is 21.7. The molecule has 4 aromatic rings. The Hall–Kier alpha value is -3.14. The number of benzene rings is 1. The number of rotatable bonds is 5. The van der Waals surface area contributed by atoms with E-state index >= 15 is 0 Å². The summed E-state index contributed by atoms with van der Waals surface area (Å²) in [4.78, 5) is 9.51. The Balaban J connectivity index is 0.000000535. The maximum Gasteiger partial charge on any atom is 0.503 e. The fourth-order valence-electron chi connectivity index (χ4n) is 3.46. The van der Waals surface area contributed by atoms with E-state index < -0.39 is 16.2 Å². The molecule has 0 unspecified atom stereocenters. The number of carboxylic acid groups (broad SMARTS) is 2. The van der Waals surface area contributed by atoms with Crippen molar-refractivity contribution in [3.8, 4) is 10.4 Å². The zero-order valence-electron chi connectivity index (χ0n) is 16.3. The van der Waals surface area contributed by atoms with Crippen LogP contribution in [0.25, 0.3) is 16.0 Å². The molecule has 0 amide bonds. The molecule has 0 saturated heterocycles. The molecular weight excluding hydrogens is 436 g/mol. The highest BCUT2D eigenvalue weighted by atomic mass is 32.2. The molecule has 1 fully saturated rings. The summed E-state index contributed by atoms with van der Waals surface area (Å²) in [5, 5.41) is 13.9. The molecule has 0 radical (unpaired) electrons. The maximum absolute atomic E-state index is 12.8. The van der Waals surface area contributed by atoms with E-state index in [-0.39, 0.29) is 12.0 Å². The highest BCUT2D eigenvalue weighted by Crippen LogP contribution is 2.42. The number of aromatic nitrogens is 1. The average molecular weight is 457 g/mol. The maximum atomic E-state index is 12.8. The van der Waals surface area contributed by atoms with E-state index in [0.717, 1.165) is 22.4 Å². The number of nitrogens with zero attached hydrogens (tertiary/aromatic N) is 1. The van der Waals surface area contributed by atoms with Crippen LogP contribution in [0.1, 0.15) is 17.9 Å². The summed E-state index contributed by atoms with van der Waals surface area (Å²) in [6.45, 7) is 0. The lowest BCUT2D eigenvalue weighted by Gasteiger charge is -2.04. The van der Waals surface area contributed by atoms with Gasteiger partial charge in [-0.1, -0.05) is 36.4 Å². The van der Waals surface area contributed by atoms with Crippen molar-refractivity contribution in [2.45, 2.75) is 22.6 Å². The van der Waals surface area contributed by atoms with Crippen molar-refractivity contribution in [2.75, 3.05) is 0 Å². The summed E-state index contributed by atoms with van der Waals surface area (Å²) in [6.07, 6.45) is 3.03. The zero-order chi connectivity index (χ0) is 22.0. The van der Waals surface area contributed by atoms with E-state index in [9.17, 15) is 8.42 Å². The third kappa shape index (κ3) is 4.96. The van der Waals surface area contributed by atoms with E-state index in [2.05, 4.69) is 22.9 Å². The van der Waals surface area contributed by atoms with Crippen LogP contribution < -0.4 is 4.72 Å². The Bertz CT molecular complexity index is 1270. The number of fused-ring (bicyclic) bond motifs is 1. The van der Waals surface area contributed by atoms with Crippen LogP contribution >= 0.6 is 11.3 Å². The molecule has 3 N–H and O–H groups in total. The molecule has 3 aromatic heterocycles. The third-order valence-corrected chi connectivity index (χ3v) is 8.08. The first kappa shape index (κ1) is 21.1. The molecule has 3 heterocycles. The van der Waals surface area contributed by atoms with Crippen LogP contribution in [0.4, 0.5) is 4.79 Å². The van der Waals surface area contributed by atoms with Crippen molar-refractivity contribution < 1.29 is 23.4 Å². The number of sulfonamides is 1. The molecule has 1 aromatic carbocycles. The summed E-state index contributed by atoms with van der Waals surface area (Å²) in [7, 11) is -3.49. The molecule has 31 heavy (non-hydrogen) atoms. The van der Waals surface area contributed by atoms with Gasteiger partial charge in [0.05, 0.1) is 0 Å². The van der Waals surface area contributed by atoms with Crippen molar-refractivity contribution in [3.63, 3.8) is 0 Å². The molecule has 9 heteroatoms. The van der Waals surface area contributed by atoms with Gasteiger partial charge in [-0.15, -0.1) is 11.3 Å². The smallest absolute Gasteiger partial charge is 0.450 e. The van der Waals surface area contributed by atoms with Crippen LogP contribution in [0.15, 0.2) is 83.3 Å². The van der Waals surface area contributed by atoms with Gasteiger partial charge in [0.15, 0.2) is 0 Å². The van der Waals surface area contributed by atoms with Crippen LogP contribution in [0, 0.1) is 0 Å². The molecule has 7 nitrogen and oxygen atoms in total.